The number of nitrogens with one attached hydrogen (secondary N) is 1. The molecule has 0 radical (unpaired) electrons. The summed E-state index contributed by atoms with van der Waals surface area (Å²) < 4.78 is 17.2. The van der Waals surface area contributed by atoms with Gasteiger partial charge in [0, 0.05) is 11.3 Å². The number of hydrogen-bond donors (Lipinski definition) is 2. The number of methoxy groups -OCH3 is 1. The van der Waals surface area contributed by atoms with Crippen LogP contribution < -0.4 is 10.1 Å². The first-order chi connectivity index (χ1) is 15.8. The molecule has 8 heteroatoms. The molecule has 3 atom stereocenters. The summed E-state index contributed by atoms with van der Waals surface area (Å²) in [5.74, 6) is 0.117. The first-order valence-electron chi connectivity index (χ1n) is 10.3. The van der Waals surface area contributed by atoms with E-state index in [4.69, 9.17) is 4.74 Å². The van der Waals surface area contributed by atoms with Crippen molar-refractivity contribution >= 4 is 33.7 Å². The van der Waals surface area contributed by atoms with Crippen LogP contribution in [0.15, 0.2) is 77.7 Å². The van der Waals surface area contributed by atoms with Crippen LogP contribution >= 0.6 is 11.8 Å². The molecule has 0 bridgehead atoms. The summed E-state index contributed by atoms with van der Waals surface area (Å²) in [6.45, 7) is 1.92. The quantitative estimate of drug-likeness (QED) is 0.528. The van der Waals surface area contributed by atoms with Crippen LogP contribution in [0, 0.1) is 6.92 Å². The van der Waals surface area contributed by atoms with Crippen molar-refractivity contribution in [1.82, 2.24) is 5.32 Å². The minimum Gasteiger partial charge on any atom is -0.497 e. The van der Waals surface area contributed by atoms with Crippen molar-refractivity contribution in [2.75, 3.05) is 7.11 Å². The minimum atomic E-state index is -1.78. The zero-order valence-electron chi connectivity index (χ0n) is 18.1. The first kappa shape index (κ1) is 23.2. The normalized spacial score (nSPS) is 19.7. The molecule has 6 nitrogen and oxygen atoms in total. The number of benzene rings is 3. The van der Waals surface area contributed by atoms with Gasteiger partial charge in [0.25, 0.3) is 11.1 Å². The molecule has 4 rings (SSSR count). The van der Waals surface area contributed by atoms with Crippen LogP contribution in [0.4, 0.5) is 4.79 Å². The van der Waals surface area contributed by atoms with Gasteiger partial charge in [-0.3, -0.25) is 19.1 Å². The van der Waals surface area contributed by atoms with Gasteiger partial charge in [0.05, 0.1) is 17.9 Å². The van der Waals surface area contributed by atoms with Crippen molar-refractivity contribution in [3.8, 4) is 5.75 Å². The van der Waals surface area contributed by atoms with E-state index in [1.807, 2.05) is 19.1 Å². The smallest absolute Gasteiger partial charge is 0.287 e. The monoisotopic (exact) mass is 481 g/mol. The van der Waals surface area contributed by atoms with Crippen LogP contribution in [0.2, 0.25) is 0 Å². The van der Waals surface area contributed by atoms with Crippen molar-refractivity contribution < 1.29 is 23.6 Å². The number of imide groups is 1. The largest absolute Gasteiger partial charge is 0.497 e. The van der Waals surface area contributed by atoms with Crippen LogP contribution in [0.5, 0.6) is 5.75 Å². The molecule has 2 amide bonds. The van der Waals surface area contributed by atoms with Gasteiger partial charge in [-0.2, -0.15) is 0 Å². The van der Waals surface area contributed by atoms with Gasteiger partial charge >= 0.3 is 0 Å². The summed E-state index contributed by atoms with van der Waals surface area (Å²) in [6, 6.07) is 21.3. The van der Waals surface area contributed by atoms with Gasteiger partial charge in [0.15, 0.2) is 4.08 Å². The molecule has 1 saturated heterocycles. The maximum Gasteiger partial charge on any atom is 0.287 e. The van der Waals surface area contributed by atoms with E-state index in [-0.39, 0.29) is 6.42 Å². The molecule has 0 saturated carbocycles. The molecule has 1 fully saturated rings. The van der Waals surface area contributed by atoms with Crippen molar-refractivity contribution in [3.05, 3.63) is 95.1 Å². The van der Waals surface area contributed by atoms with E-state index in [9.17, 15) is 18.9 Å². The Morgan fingerprint density at radius 3 is 2.33 bits per heavy atom. The number of aryl methyl sites for hydroxylation is 1. The second-order valence-corrected chi connectivity index (χ2v) is 11.0. The SMILES string of the molecule is COc1ccc(C(O)c2cccc(CC3(S(=O)c4ccc(C)cc4)SC(=O)NC3=O)c2)cc1. The summed E-state index contributed by atoms with van der Waals surface area (Å²) in [5.41, 5.74) is 3.01. The molecular weight excluding hydrogens is 458 g/mol. The van der Waals surface area contributed by atoms with E-state index in [1.54, 1.807) is 67.8 Å². The predicted molar refractivity (Wildman–Crippen MR) is 129 cm³/mol. The molecular formula is C25H23NO5S2. The van der Waals surface area contributed by atoms with Crippen LogP contribution in [-0.4, -0.2) is 31.7 Å². The molecule has 170 valence electrons. The number of hydrogen-bond acceptors (Lipinski definition) is 6. The fourth-order valence-corrected chi connectivity index (χ4v) is 6.61. The number of aliphatic hydroxyl groups excluding tert-OH is 1. The highest BCUT2D eigenvalue weighted by atomic mass is 32.2. The van der Waals surface area contributed by atoms with Gasteiger partial charge in [-0.25, -0.2) is 0 Å². The van der Waals surface area contributed by atoms with Crippen LogP contribution in [0.25, 0.3) is 0 Å². The van der Waals surface area contributed by atoms with E-state index < -0.39 is 32.1 Å². The lowest BCUT2D eigenvalue weighted by Gasteiger charge is -2.24. The number of amides is 2. The Hall–Kier alpha value is -2.94. The average Bonchev–Trinajstić information content (AvgIpc) is 3.12. The third kappa shape index (κ3) is 4.73. The highest BCUT2D eigenvalue weighted by molar-refractivity contribution is 8.24. The number of ether oxygens (including phenoxy) is 1. The lowest BCUT2D eigenvalue weighted by molar-refractivity contribution is -0.119. The Morgan fingerprint density at radius 1 is 1.03 bits per heavy atom. The van der Waals surface area contributed by atoms with Crippen LogP contribution in [0.1, 0.15) is 28.4 Å². The molecule has 1 aliphatic heterocycles. The molecule has 0 spiro atoms. The van der Waals surface area contributed by atoms with E-state index in [2.05, 4.69) is 5.32 Å². The third-order valence-corrected chi connectivity index (χ3v) is 8.77. The number of aliphatic hydroxyl groups is 1. The van der Waals surface area contributed by atoms with Gasteiger partial charge in [-0.1, -0.05) is 54.1 Å². The van der Waals surface area contributed by atoms with Gasteiger partial charge in [-0.15, -0.1) is 0 Å². The molecule has 3 aromatic rings. The highest BCUT2D eigenvalue weighted by Gasteiger charge is 2.53. The third-order valence-electron chi connectivity index (χ3n) is 5.49. The predicted octanol–water partition coefficient (Wildman–Crippen LogP) is 4.11. The summed E-state index contributed by atoms with van der Waals surface area (Å²) >= 11 is 0.762. The second kappa shape index (κ2) is 9.51. The van der Waals surface area contributed by atoms with Crippen LogP contribution in [-0.2, 0) is 22.0 Å². The summed E-state index contributed by atoms with van der Waals surface area (Å²) in [7, 11) is -0.204. The Labute approximate surface area is 198 Å². The topological polar surface area (TPSA) is 92.7 Å². The van der Waals surface area contributed by atoms with Gasteiger partial charge < -0.3 is 9.84 Å². The Morgan fingerprint density at radius 2 is 1.73 bits per heavy atom. The summed E-state index contributed by atoms with van der Waals surface area (Å²) in [4.78, 5) is 25.5. The van der Waals surface area contributed by atoms with Crippen molar-refractivity contribution in [2.24, 2.45) is 0 Å². The van der Waals surface area contributed by atoms with Crippen molar-refractivity contribution in [2.45, 2.75) is 28.4 Å². The number of rotatable bonds is 7. The summed E-state index contributed by atoms with van der Waals surface area (Å²) in [6.07, 6.45) is -0.820. The zero-order valence-corrected chi connectivity index (χ0v) is 19.7. The van der Waals surface area contributed by atoms with E-state index in [0.717, 1.165) is 17.3 Å². The molecule has 2 N–H and O–H groups in total. The number of carbonyl (C=O) groups excluding carboxylic acids is 2. The average molecular weight is 482 g/mol. The Bertz CT molecular complexity index is 1210. The van der Waals surface area contributed by atoms with Gasteiger partial charge in [0.1, 0.15) is 11.9 Å². The van der Waals surface area contributed by atoms with E-state index >= 15 is 0 Å². The molecule has 0 aromatic heterocycles. The molecule has 3 aromatic carbocycles. The van der Waals surface area contributed by atoms with Gasteiger partial charge in [0.2, 0.25) is 0 Å². The van der Waals surface area contributed by atoms with E-state index in [0.29, 0.717) is 27.3 Å². The summed E-state index contributed by atoms with van der Waals surface area (Å²) in [5, 5.41) is 12.6. The minimum absolute atomic E-state index is 0.0684. The highest BCUT2D eigenvalue weighted by Crippen LogP contribution is 2.41. The standard InChI is InChI=1S/C25H23NO5S2/c1-16-6-12-21(13-7-16)33(30)25(23(28)26-24(29)32-25)15-17-4-3-5-19(14-17)22(27)18-8-10-20(31-2)11-9-18/h3-14,22,27H,15H2,1-2H3,(H,26,28,29). The zero-order chi connectivity index (χ0) is 23.6. The first-order valence-corrected chi connectivity index (χ1v) is 12.2. The lowest BCUT2D eigenvalue weighted by Crippen LogP contribution is -2.42. The van der Waals surface area contributed by atoms with Crippen molar-refractivity contribution in [3.63, 3.8) is 0 Å². The van der Waals surface area contributed by atoms with Crippen LogP contribution in [0.3, 0.4) is 0 Å². The Kier molecular flexibility index (Phi) is 6.69. The second-order valence-electron chi connectivity index (χ2n) is 7.78. The Balaban J connectivity index is 1.66. The fourth-order valence-electron chi connectivity index (χ4n) is 3.69. The number of carbonyl (C=O) groups is 2. The molecule has 1 aliphatic rings. The molecule has 1 heterocycles. The lowest BCUT2D eigenvalue weighted by atomic mass is 9.98. The fraction of sp³-hybridized carbons (Fsp3) is 0.200. The maximum atomic E-state index is 13.6. The molecule has 3 unspecified atom stereocenters. The number of thioether (sulfide) groups is 1. The van der Waals surface area contributed by atoms with Crippen molar-refractivity contribution in [1.29, 1.82) is 0 Å². The maximum absolute atomic E-state index is 13.6. The molecule has 33 heavy (non-hydrogen) atoms. The van der Waals surface area contributed by atoms with Gasteiger partial charge in [-0.05, 0) is 59.6 Å². The molecule has 0 aliphatic carbocycles. The van der Waals surface area contributed by atoms with E-state index in [1.165, 1.54) is 0 Å².